The van der Waals surface area contributed by atoms with Gasteiger partial charge >= 0.3 is 0 Å². The van der Waals surface area contributed by atoms with Crippen LogP contribution < -0.4 is 16.6 Å². The molecule has 2 atom stereocenters. The van der Waals surface area contributed by atoms with Crippen LogP contribution >= 0.6 is 0 Å². The van der Waals surface area contributed by atoms with Gasteiger partial charge < -0.3 is 15.6 Å². The third kappa shape index (κ3) is 4.33. The zero-order valence-corrected chi connectivity index (χ0v) is 14.0. The van der Waals surface area contributed by atoms with Crippen LogP contribution in [0.15, 0.2) is 47.4 Å². The number of amides is 1. The lowest BCUT2D eigenvalue weighted by atomic mass is 9.85. The highest BCUT2D eigenvalue weighted by Crippen LogP contribution is 2.24. The minimum absolute atomic E-state index is 0.0513. The van der Waals surface area contributed by atoms with E-state index in [9.17, 15) is 14.0 Å². The molecule has 1 aliphatic rings. The van der Waals surface area contributed by atoms with Crippen LogP contribution in [0.2, 0.25) is 0 Å². The van der Waals surface area contributed by atoms with Crippen molar-refractivity contribution in [3.05, 3.63) is 64.3 Å². The molecule has 1 fully saturated rings. The number of aromatic nitrogens is 1. The van der Waals surface area contributed by atoms with Crippen LogP contribution in [0.1, 0.15) is 31.2 Å². The summed E-state index contributed by atoms with van der Waals surface area (Å²) in [4.78, 5) is 25.0. The number of pyridine rings is 1. The lowest BCUT2D eigenvalue weighted by molar-refractivity contribution is -0.120. The minimum atomic E-state index is -0.317. The number of carbonyl (C=O) groups is 1. The lowest BCUT2D eigenvalue weighted by Crippen LogP contribution is -2.35. The predicted molar refractivity (Wildman–Crippen MR) is 94.8 cm³/mol. The first kappa shape index (κ1) is 17.4. The van der Waals surface area contributed by atoms with Crippen LogP contribution in [0, 0.1) is 11.7 Å². The molecule has 1 aliphatic carbocycles. The third-order valence-corrected chi connectivity index (χ3v) is 4.63. The molecule has 1 heterocycles. The normalized spacial score (nSPS) is 20.2. The molecule has 0 aliphatic heterocycles. The second kappa shape index (κ2) is 7.61. The van der Waals surface area contributed by atoms with Crippen molar-refractivity contribution in [2.45, 2.75) is 38.3 Å². The first-order valence-electron chi connectivity index (χ1n) is 8.53. The van der Waals surface area contributed by atoms with Gasteiger partial charge in [0, 0.05) is 18.2 Å². The molecule has 2 aromatic rings. The number of rotatable bonds is 4. The zero-order valence-electron chi connectivity index (χ0n) is 14.0. The Morgan fingerprint density at radius 2 is 2.00 bits per heavy atom. The molecule has 1 saturated carbocycles. The van der Waals surface area contributed by atoms with E-state index in [4.69, 9.17) is 5.73 Å². The average molecular weight is 343 g/mol. The quantitative estimate of drug-likeness (QED) is 0.895. The number of nitrogens with zero attached hydrogens (tertiary/aromatic N) is 1. The van der Waals surface area contributed by atoms with Crippen molar-refractivity contribution in [1.82, 2.24) is 4.57 Å². The number of halogens is 1. The molecule has 0 spiro atoms. The molecule has 5 nitrogen and oxygen atoms in total. The van der Waals surface area contributed by atoms with Gasteiger partial charge in [0.1, 0.15) is 11.5 Å². The monoisotopic (exact) mass is 343 g/mol. The van der Waals surface area contributed by atoms with E-state index in [1.54, 1.807) is 30.5 Å². The Morgan fingerprint density at radius 3 is 2.72 bits per heavy atom. The first-order valence-corrected chi connectivity index (χ1v) is 8.53. The molecule has 6 heteroatoms. The largest absolute Gasteiger partial charge is 0.328 e. The second-order valence-electron chi connectivity index (χ2n) is 6.59. The summed E-state index contributed by atoms with van der Waals surface area (Å²) in [5, 5.41) is 2.75. The van der Waals surface area contributed by atoms with Gasteiger partial charge in [-0.3, -0.25) is 9.59 Å². The minimum Gasteiger partial charge on any atom is -0.328 e. The van der Waals surface area contributed by atoms with E-state index in [1.807, 2.05) is 0 Å². The number of anilines is 1. The van der Waals surface area contributed by atoms with Gasteiger partial charge in [0.2, 0.25) is 5.91 Å². The van der Waals surface area contributed by atoms with Gasteiger partial charge in [-0.25, -0.2) is 4.39 Å². The molecule has 25 heavy (non-hydrogen) atoms. The summed E-state index contributed by atoms with van der Waals surface area (Å²) >= 11 is 0. The van der Waals surface area contributed by atoms with Gasteiger partial charge in [0.15, 0.2) is 0 Å². The van der Waals surface area contributed by atoms with E-state index in [1.165, 1.54) is 16.7 Å². The Hall–Kier alpha value is -2.47. The van der Waals surface area contributed by atoms with E-state index in [2.05, 4.69) is 5.32 Å². The fraction of sp³-hybridized carbons (Fsp3) is 0.368. The number of hydrogen-bond acceptors (Lipinski definition) is 3. The maximum atomic E-state index is 13.0. The van der Waals surface area contributed by atoms with E-state index < -0.39 is 0 Å². The molecule has 0 radical (unpaired) electrons. The standard InChI is InChI=1S/C19H22FN3O2/c20-15-8-6-13(7-9-15)12-23-10-2-5-17(19(23)25)22-18(24)14-3-1-4-16(21)11-14/h2,5-10,14,16H,1,3-4,11-12,21H2,(H,22,24). The van der Waals surface area contributed by atoms with Crippen molar-refractivity contribution in [2.24, 2.45) is 11.7 Å². The predicted octanol–water partition coefficient (Wildman–Crippen LogP) is 2.49. The van der Waals surface area contributed by atoms with Gasteiger partial charge in [0.05, 0.1) is 6.54 Å². The number of nitrogens with two attached hydrogens (primary N) is 1. The highest BCUT2D eigenvalue weighted by atomic mass is 19.1. The van der Waals surface area contributed by atoms with E-state index in [-0.39, 0.29) is 34.9 Å². The fourth-order valence-electron chi connectivity index (χ4n) is 3.24. The lowest BCUT2D eigenvalue weighted by Gasteiger charge is -2.25. The molecule has 1 aromatic carbocycles. The summed E-state index contributed by atoms with van der Waals surface area (Å²) in [6.45, 7) is 0.317. The van der Waals surface area contributed by atoms with E-state index in [0.29, 0.717) is 13.0 Å². The summed E-state index contributed by atoms with van der Waals surface area (Å²) in [6.07, 6.45) is 4.98. The maximum absolute atomic E-state index is 13.0. The number of hydrogen-bond donors (Lipinski definition) is 2. The fourth-order valence-corrected chi connectivity index (χ4v) is 3.24. The Balaban J connectivity index is 1.73. The van der Waals surface area contributed by atoms with Crippen LogP contribution in [0.4, 0.5) is 10.1 Å². The third-order valence-electron chi connectivity index (χ3n) is 4.63. The second-order valence-corrected chi connectivity index (χ2v) is 6.59. The smallest absolute Gasteiger partial charge is 0.274 e. The van der Waals surface area contributed by atoms with Crippen molar-refractivity contribution in [3.63, 3.8) is 0 Å². The molecule has 1 aromatic heterocycles. The molecule has 2 unspecified atom stereocenters. The highest BCUT2D eigenvalue weighted by molar-refractivity contribution is 5.92. The highest BCUT2D eigenvalue weighted by Gasteiger charge is 2.25. The van der Waals surface area contributed by atoms with Crippen LogP contribution in [-0.4, -0.2) is 16.5 Å². The van der Waals surface area contributed by atoms with Crippen molar-refractivity contribution in [3.8, 4) is 0 Å². The molecule has 132 valence electrons. The van der Waals surface area contributed by atoms with E-state index in [0.717, 1.165) is 24.8 Å². The van der Waals surface area contributed by atoms with Gasteiger partial charge in [-0.05, 0) is 49.1 Å². The molecule has 0 bridgehead atoms. The summed E-state index contributed by atoms with van der Waals surface area (Å²) in [5.41, 5.74) is 6.73. The molecular weight excluding hydrogens is 321 g/mol. The maximum Gasteiger partial charge on any atom is 0.274 e. The number of carbonyl (C=O) groups excluding carboxylic acids is 1. The van der Waals surface area contributed by atoms with Gasteiger partial charge in [-0.15, -0.1) is 0 Å². The summed E-state index contributed by atoms with van der Waals surface area (Å²) in [7, 11) is 0. The van der Waals surface area contributed by atoms with Crippen molar-refractivity contribution in [2.75, 3.05) is 5.32 Å². The van der Waals surface area contributed by atoms with Crippen LogP contribution in [0.3, 0.4) is 0 Å². The molecule has 3 rings (SSSR count). The summed E-state index contributed by atoms with van der Waals surface area (Å²) in [5.74, 6) is -0.608. The molecular formula is C19H22FN3O2. The van der Waals surface area contributed by atoms with Crippen LogP contribution in [0.5, 0.6) is 0 Å². The van der Waals surface area contributed by atoms with Crippen molar-refractivity contribution in [1.29, 1.82) is 0 Å². The number of nitrogens with one attached hydrogen (secondary N) is 1. The topological polar surface area (TPSA) is 77.1 Å². The average Bonchev–Trinajstić information content (AvgIpc) is 2.60. The van der Waals surface area contributed by atoms with Crippen molar-refractivity contribution >= 4 is 11.6 Å². The Labute approximate surface area is 145 Å². The van der Waals surface area contributed by atoms with E-state index >= 15 is 0 Å². The van der Waals surface area contributed by atoms with Gasteiger partial charge in [0.25, 0.3) is 5.56 Å². The van der Waals surface area contributed by atoms with Crippen LogP contribution in [0.25, 0.3) is 0 Å². The molecule has 1 amide bonds. The van der Waals surface area contributed by atoms with Crippen LogP contribution in [-0.2, 0) is 11.3 Å². The number of benzene rings is 1. The molecule has 3 N–H and O–H groups in total. The van der Waals surface area contributed by atoms with Gasteiger partial charge in [-0.2, -0.15) is 0 Å². The molecule has 0 saturated heterocycles. The Kier molecular flexibility index (Phi) is 5.28. The summed E-state index contributed by atoms with van der Waals surface area (Å²) < 4.78 is 14.5. The zero-order chi connectivity index (χ0) is 17.8. The first-order chi connectivity index (χ1) is 12.0. The Morgan fingerprint density at radius 1 is 1.24 bits per heavy atom. The SMILES string of the molecule is NC1CCCC(C(=O)Nc2cccn(Cc3ccc(F)cc3)c2=O)C1. The Bertz CT molecular complexity index is 801. The van der Waals surface area contributed by atoms with Gasteiger partial charge in [-0.1, -0.05) is 18.6 Å². The summed E-state index contributed by atoms with van der Waals surface area (Å²) in [6, 6.07) is 9.36. The van der Waals surface area contributed by atoms with Crippen molar-refractivity contribution < 1.29 is 9.18 Å².